The Hall–Kier alpha value is -3.46. The van der Waals surface area contributed by atoms with Crippen molar-refractivity contribution in [3.05, 3.63) is 78.9 Å². The Bertz CT molecular complexity index is 1290. The molecule has 32 heavy (non-hydrogen) atoms. The van der Waals surface area contributed by atoms with Crippen molar-refractivity contribution in [3.8, 4) is 16.9 Å². The lowest BCUT2D eigenvalue weighted by Gasteiger charge is -2.44. The largest absolute Gasteiger partial charge is 0.496 e. The van der Waals surface area contributed by atoms with Crippen LogP contribution in [-0.2, 0) is 0 Å². The third-order valence-corrected chi connectivity index (χ3v) is 6.34. The molecule has 0 aliphatic carbocycles. The average Bonchev–Trinajstić information content (AvgIpc) is 2.80. The van der Waals surface area contributed by atoms with E-state index in [2.05, 4.69) is 116 Å². The van der Waals surface area contributed by atoms with Crippen molar-refractivity contribution in [2.45, 2.75) is 39.8 Å². The lowest BCUT2D eigenvalue weighted by atomic mass is 9.95. The SMILES string of the molecule is COc1ccc(-c2ccc3c(c2)N(C(C)C)c2ccccc2N3C(C)C)c2ccccc12. The van der Waals surface area contributed by atoms with E-state index >= 15 is 0 Å². The Morgan fingerprint density at radius 3 is 1.78 bits per heavy atom. The molecule has 0 unspecified atom stereocenters. The van der Waals surface area contributed by atoms with Crippen LogP contribution in [0.15, 0.2) is 78.9 Å². The number of methoxy groups -OCH3 is 1. The number of anilines is 4. The van der Waals surface area contributed by atoms with Crippen LogP contribution in [0.2, 0.25) is 0 Å². The van der Waals surface area contributed by atoms with Crippen molar-refractivity contribution in [2.24, 2.45) is 0 Å². The predicted molar refractivity (Wildman–Crippen MR) is 137 cm³/mol. The second-order valence-electron chi connectivity index (χ2n) is 8.98. The first-order valence-electron chi connectivity index (χ1n) is 11.4. The summed E-state index contributed by atoms with van der Waals surface area (Å²) in [6.07, 6.45) is 0. The standard InChI is InChI=1S/C29H30N2O/c1-19(2)30-25-12-8-9-13-26(25)31(20(3)4)28-18-21(14-16-27(28)30)22-15-17-29(32-5)24-11-7-6-10-23(22)24/h6-20H,1-5H3. The number of nitrogens with zero attached hydrogens (tertiary/aromatic N) is 2. The van der Waals surface area contributed by atoms with Gasteiger partial charge in [0, 0.05) is 17.5 Å². The Morgan fingerprint density at radius 1 is 0.594 bits per heavy atom. The highest BCUT2D eigenvalue weighted by atomic mass is 16.5. The first-order chi connectivity index (χ1) is 15.5. The normalized spacial score (nSPS) is 13.0. The fourth-order valence-corrected chi connectivity index (χ4v) is 5.03. The van der Waals surface area contributed by atoms with Crippen LogP contribution in [0.1, 0.15) is 27.7 Å². The van der Waals surface area contributed by atoms with Gasteiger partial charge in [-0.05, 0) is 74.5 Å². The molecule has 0 N–H and O–H groups in total. The Morgan fingerprint density at radius 2 is 1.16 bits per heavy atom. The maximum atomic E-state index is 5.62. The fraction of sp³-hybridized carbons (Fsp3) is 0.241. The van der Waals surface area contributed by atoms with Crippen molar-refractivity contribution < 1.29 is 4.74 Å². The minimum atomic E-state index is 0.340. The van der Waals surface area contributed by atoms with Gasteiger partial charge in [-0.25, -0.2) is 0 Å². The molecule has 4 aromatic rings. The van der Waals surface area contributed by atoms with Crippen LogP contribution in [0.25, 0.3) is 21.9 Å². The van der Waals surface area contributed by atoms with Gasteiger partial charge >= 0.3 is 0 Å². The van der Waals surface area contributed by atoms with Gasteiger partial charge in [0.1, 0.15) is 5.75 Å². The van der Waals surface area contributed by atoms with Crippen LogP contribution in [0.5, 0.6) is 5.75 Å². The molecule has 1 aliphatic heterocycles. The molecule has 0 aromatic heterocycles. The summed E-state index contributed by atoms with van der Waals surface area (Å²) in [5.74, 6) is 0.908. The molecule has 0 amide bonds. The number of ether oxygens (including phenoxy) is 1. The van der Waals surface area contributed by atoms with E-state index in [-0.39, 0.29) is 0 Å². The van der Waals surface area contributed by atoms with Crippen molar-refractivity contribution >= 4 is 33.5 Å². The molecule has 0 bridgehead atoms. The minimum absolute atomic E-state index is 0.340. The molecule has 0 atom stereocenters. The summed E-state index contributed by atoms with van der Waals surface area (Å²) < 4.78 is 5.62. The Labute approximate surface area is 190 Å². The van der Waals surface area contributed by atoms with Crippen molar-refractivity contribution in [1.82, 2.24) is 0 Å². The van der Waals surface area contributed by atoms with E-state index < -0.39 is 0 Å². The number of hydrogen-bond acceptors (Lipinski definition) is 3. The van der Waals surface area contributed by atoms with Crippen LogP contribution in [0.3, 0.4) is 0 Å². The highest BCUT2D eigenvalue weighted by Gasteiger charge is 2.31. The zero-order valence-corrected chi connectivity index (χ0v) is 19.5. The molecule has 0 saturated carbocycles. The van der Waals surface area contributed by atoms with Gasteiger partial charge in [-0.3, -0.25) is 0 Å². The highest BCUT2D eigenvalue weighted by Crippen LogP contribution is 2.51. The van der Waals surface area contributed by atoms with Gasteiger partial charge in [-0.1, -0.05) is 48.5 Å². The first-order valence-corrected chi connectivity index (χ1v) is 11.4. The van der Waals surface area contributed by atoms with E-state index in [1.807, 2.05) is 0 Å². The number of benzene rings is 4. The first kappa shape index (κ1) is 20.4. The van der Waals surface area contributed by atoms with Gasteiger partial charge < -0.3 is 14.5 Å². The van der Waals surface area contributed by atoms with E-state index in [0.29, 0.717) is 12.1 Å². The molecule has 5 rings (SSSR count). The molecule has 4 aromatic carbocycles. The van der Waals surface area contributed by atoms with E-state index in [4.69, 9.17) is 4.74 Å². The molecular formula is C29H30N2O. The van der Waals surface area contributed by atoms with Gasteiger partial charge in [0.25, 0.3) is 0 Å². The van der Waals surface area contributed by atoms with Crippen LogP contribution < -0.4 is 14.5 Å². The molecule has 0 saturated heterocycles. The molecule has 3 nitrogen and oxygen atoms in total. The zero-order chi connectivity index (χ0) is 22.4. The molecule has 3 heteroatoms. The summed E-state index contributed by atoms with van der Waals surface area (Å²) in [5.41, 5.74) is 7.49. The van der Waals surface area contributed by atoms with Gasteiger partial charge in [0.15, 0.2) is 0 Å². The summed E-state index contributed by atoms with van der Waals surface area (Å²) in [4.78, 5) is 4.93. The highest BCUT2D eigenvalue weighted by molar-refractivity contribution is 6.02. The van der Waals surface area contributed by atoms with Gasteiger partial charge in [-0.15, -0.1) is 0 Å². The van der Waals surface area contributed by atoms with E-state index in [0.717, 1.165) is 11.1 Å². The lowest BCUT2D eigenvalue weighted by molar-refractivity contribution is 0.420. The lowest BCUT2D eigenvalue weighted by Crippen LogP contribution is -2.36. The van der Waals surface area contributed by atoms with Crippen LogP contribution in [0, 0.1) is 0 Å². The third-order valence-electron chi connectivity index (χ3n) is 6.34. The van der Waals surface area contributed by atoms with Crippen molar-refractivity contribution in [2.75, 3.05) is 16.9 Å². The summed E-state index contributed by atoms with van der Waals surface area (Å²) in [6.45, 7) is 9.05. The topological polar surface area (TPSA) is 15.7 Å². The van der Waals surface area contributed by atoms with Crippen molar-refractivity contribution in [3.63, 3.8) is 0 Å². The summed E-state index contributed by atoms with van der Waals surface area (Å²) >= 11 is 0. The van der Waals surface area contributed by atoms with Crippen LogP contribution in [-0.4, -0.2) is 19.2 Å². The van der Waals surface area contributed by atoms with Crippen LogP contribution in [0.4, 0.5) is 22.7 Å². The summed E-state index contributed by atoms with van der Waals surface area (Å²) in [6, 6.07) is 29.1. The monoisotopic (exact) mass is 422 g/mol. The smallest absolute Gasteiger partial charge is 0.126 e. The molecular weight excluding hydrogens is 392 g/mol. The zero-order valence-electron chi connectivity index (χ0n) is 19.5. The third kappa shape index (κ3) is 3.12. The van der Waals surface area contributed by atoms with Crippen LogP contribution >= 0.6 is 0 Å². The van der Waals surface area contributed by atoms with E-state index in [1.54, 1.807) is 7.11 Å². The van der Waals surface area contributed by atoms with Crippen molar-refractivity contribution in [1.29, 1.82) is 0 Å². The molecule has 1 aliphatic rings. The Kier molecular flexibility index (Phi) is 5.05. The quantitative estimate of drug-likeness (QED) is 0.332. The molecule has 1 heterocycles. The summed E-state index contributed by atoms with van der Waals surface area (Å²) in [5, 5.41) is 2.35. The fourth-order valence-electron chi connectivity index (χ4n) is 5.03. The van der Waals surface area contributed by atoms with E-state index in [9.17, 15) is 0 Å². The minimum Gasteiger partial charge on any atom is -0.496 e. The Balaban J connectivity index is 1.75. The molecule has 0 radical (unpaired) electrons. The number of fused-ring (bicyclic) bond motifs is 3. The predicted octanol–water partition coefficient (Wildman–Crippen LogP) is 7.92. The van der Waals surface area contributed by atoms with Gasteiger partial charge in [0.2, 0.25) is 0 Å². The molecule has 162 valence electrons. The summed E-state index contributed by atoms with van der Waals surface area (Å²) in [7, 11) is 1.73. The molecule has 0 spiro atoms. The second-order valence-corrected chi connectivity index (χ2v) is 8.98. The number of para-hydroxylation sites is 2. The maximum Gasteiger partial charge on any atom is 0.126 e. The van der Waals surface area contributed by atoms with Gasteiger partial charge in [-0.2, -0.15) is 0 Å². The second kappa shape index (κ2) is 7.90. The van der Waals surface area contributed by atoms with E-state index in [1.165, 1.54) is 39.3 Å². The number of rotatable bonds is 4. The van der Waals surface area contributed by atoms with Gasteiger partial charge in [0.05, 0.1) is 29.9 Å². The number of hydrogen-bond donors (Lipinski definition) is 0. The average molecular weight is 423 g/mol. The maximum absolute atomic E-state index is 5.62. The molecule has 0 fully saturated rings.